The van der Waals surface area contributed by atoms with Crippen molar-refractivity contribution in [3.63, 3.8) is 0 Å². The number of nitrogens with zero attached hydrogens (tertiary/aromatic N) is 2. The third-order valence-electron chi connectivity index (χ3n) is 4.31. The maximum Gasteiger partial charge on any atom is 0.335 e. The Labute approximate surface area is 161 Å². The third-order valence-corrected chi connectivity index (χ3v) is 4.92. The number of allylic oxidation sites excluding steroid dienone is 2. The highest BCUT2D eigenvalue weighted by atomic mass is 79.9. The smallest absolute Gasteiger partial charge is 0.335 e. The average molecular weight is 423 g/mol. The van der Waals surface area contributed by atoms with Crippen LogP contribution in [-0.2, 0) is 4.79 Å². The van der Waals surface area contributed by atoms with Crippen LogP contribution in [0.2, 0.25) is 0 Å². The number of carboxylic acid groups (broad SMARTS) is 1. The molecular weight excluding hydrogens is 400 g/mol. The Morgan fingerprint density at radius 3 is 2.62 bits per heavy atom. The first-order valence-corrected chi connectivity index (χ1v) is 9.07. The van der Waals surface area contributed by atoms with Crippen molar-refractivity contribution in [2.45, 2.75) is 18.4 Å². The largest absolute Gasteiger partial charge is 0.478 e. The van der Waals surface area contributed by atoms with E-state index >= 15 is 0 Å². The first-order valence-electron chi connectivity index (χ1n) is 8.27. The van der Waals surface area contributed by atoms with Crippen molar-refractivity contribution >= 4 is 34.4 Å². The monoisotopic (exact) mass is 422 g/mol. The fourth-order valence-electron chi connectivity index (χ4n) is 3.14. The second-order valence-corrected chi connectivity index (χ2v) is 7.14. The van der Waals surface area contributed by atoms with Crippen LogP contribution in [0.5, 0.6) is 0 Å². The van der Waals surface area contributed by atoms with E-state index in [0.29, 0.717) is 10.2 Å². The topological polar surface area (TPSA) is 94.0 Å². The van der Waals surface area contributed by atoms with Crippen LogP contribution in [0.1, 0.15) is 28.3 Å². The van der Waals surface area contributed by atoms with Gasteiger partial charge in [-0.15, -0.1) is 0 Å². The molecule has 1 fully saturated rings. The molecule has 2 atom stereocenters. The van der Waals surface area contributed by atoms with Gasteiger partial charge in [0.05, 0.1) is 22.0 Å². The summed E-state index contributed by atoms with van der Waals surface area (Å²) in [7, 11) is 3.74. The molecule has 1 heterocycles. The quantitative estimate of drug-likeness (QED) is 0.268. The molecule has 0 spiro atoms. The summed E-state index contributed by atoms with van der Waals surface area (Å²) < 4.78 is 0.409. The van der Waals surface area contributed by atoms with E-state index in [-0.39, 0.29) is 17.5 Å². The van der Waals surface area contributed by atoms with E-state index in [2.05, 4.69) is 36.7 Å². The molecule has 0 saturated carbocycles. The number of aromatic carboxylic acids is 1. The number of carboxylic acids is 1. The summed E-state index contributed by atoms with van der Waals surface area (Å²) >= 11 is 3.26. The number of likely N-dealkylation sites (N-methyl/N-ethyl adjacent to an activating group) is 1. The number of nitrogens with one attached hydrogen (secondary N) is 2. The molecule has 3 N–H and O–H groups in total. The van der Waals surface area contributed by atoms with Gasteiger partial charge in [-0.1, -0.05) is 12.1 Å². The second kappa shape index (κ2) is 9.49. The molecule has 140 valence electrons. The van der Waals surface area contributed by atoms with Crippen molar-refractivity contribution in [3.05, 3.63) is 45.6 Å². The molecule has 26 heavy (non-hydrogen) atoms. The summed E-state index contributed by atoms with van der Waals surface area (Å²) in [6, 6.07) is 7.17. The zero-order valence-corrected chi connectivity index (χ0v) is 16.4. The molecule has 0 aromatic heterocycles. The van der Waals surface area contributed by atoms with Crippen LogP contribution < -0.4 is 10.7 Å². The van der Waals surface area contributed by atoms with Gasteiger partial charge in [0.25, 0.3) is 0 Å². The van der Waals surface area contributed by atoms with Gasteiger partial charge in [-0.3, -0.25) is 4.79 Å². The van der Waals surface area contributed by atoms with Crippen molar-refractivity contribution in [3.8, 4) is 0 Å². The lowest BCUT2D eigenvalue weighted by Gasteiger charge is -2.37. The third kappa shape index (κ3) is 5.40. The summed E-state index contributed by atoms with van der Waals surface area (Å²) in [5, 5.41) is 16.4. The number of carbonyl (C=O) groups is 2. The van der Waals surface area contributed by atoms with Crippen molar-refractivity contribution in [2.24, 2.45) is 5.10 Å². The molecule has 8 heteroatoms. The van der Waals surface area contributed by atoms with Crippen LogP contribution in [0.3, 0.4) is 0 Å². The van der Waals surface area contributed by atoms with Crippen molar-refractivity contribution < 1.29 is 14.7 Å². The lowest BCUT2D eigenvalue weighted by atomic mass is 9.87. The molecule has 1 aliphatic rings. The second-order valence-electron chi connectivity index (χ2n) is 6.28. The minimum atomic E-state index is -0.922. The van der Waals surface area contributed by atoms with Crippen molar-refractivity contribution in [1.29, 1.82) is 0 Å². The van der Waals surface area contributed by atoms with Gasteiger partial charge < -0.3 is 20.7 Å². The Hall–Kier alpha value is -2.19. The maximum atomic E-state index is 11.1. The van der Waals surface area contributed by atoms with E-state index in [4.69, 9.17) is 5.11 Å². The van der Waals surface area contributed by atoms with E-state index in [1.807, 2.05) is 19.2 Å². The van der Waals surface area contributed by atoms with Gasteiger partial charge in [-0.05, 0) is 53.0 Å². The molecule has 1 aromatic carbocycles. The predicted molar refractivity (Wildman–Crippen MR) is 105 cm³/mol. The van der Waals surface area contributed by atoms with E-state index in [1.165, 1.54) is 0 Å². The zero-order chi connectivity index (χ0) is 19.1. The van der Waals surface area contributed by atoms with Gasteiger partial charge in [0.15, 0.2) is 6.29 Å². The molecule has 0 radical (unpaired) electrons. The number of rotatable bonds is 7. The number of likely N-dealkylation sites (tertiary alicyclic amines) is 1. The molecule has 2 rings (SSSR count). The lowest BCUT2D eigenvalue weighted by Crippen LogP contribution is -2.47. The normalized spacial score (nSPS) is 22.0. The van der Waals surface area contributed by atoms with Gasteiger partial charge in [-0.2, -0.15) is 5.10 Å². The molecule has 0 aliphatic carbocycles. The number of aldehydes is 1. The number of hydrogen-bond acceptors (Lipinski definition) is 6. The van der Waals surface area contributed by atoms with Crippen molar-refractivity contribution in [1.82, 2.24) is 15.6 Å². The SMILES string of the molecule is CN/N=C\C(N[C@@H]1C[C@H](c2ccc(C(=O)O)cc2)CN(C)C1)=C(\Br)C=O. The van der Waals surface area contributed by atoms with Crippen LogP contribution in [0.4, 0.5) is 0 Å². The summed E-state index contributed by atoms with van der Waals surface area (Å²) in [4.78, 5) is 24.3. The highest BCUT2D eigenvalue weighted by Gasteiger charge is 2.27. The molecule has 1 aromatic rings. The number of benzene rings is 1. The molecular formula is C18H23BrN4O3. The van der Waals surface area contributed by atoms with E-state index in [0.717, 1.165) is 31.4 Å². The predicted octanol–water partition coefficient (Wildman–Crippen LogP) is 1.77. The van der Waals surface area contributed by atoms with Gasteiger partial charge in [0, 0.05) is 26.2 Å². The summed E-state index contributed by atoms with van der Waals surface area (Å²) in [5.41, 5.74) is 4.69. The zero-order valence-electron chi connectivity index (χ0n) is 14.8. The fourth-order valence-corrected chi connectivity index (χ4v) is 3.36. The Kier molecular flexibility index (Phi) is 7.35. The fraction of sp³-hybridized carbons (Fsp3) is 0.389. The standard InChI is InChI=1S/C18H23BrN4O3/c1-20-21-8-17(16(19)11-24)22-15-7-14(9-23(2)10-15)12-3-5-13(6-4-12)18(25)26/h3-6,8,11,14-15,20,22H,7,9-10H2,1-2H3,(H,25,26)/b17-16-,21-8-/t14-,15+/m0/s1. The molecule has 1 saturated heterocycles. The average Bonchev–Trinajstić information content (AvgIpc) is 2.64. The number of hydrogen-bond donors (Lipinski definition) is 3. The molecule has 1 aliphatic heterocycles. The lowest BCUT2D eigenvalue weighted by molar-refractivity contribution is -0.104. The minimum Gasteiger partial charge on any atom is -0.478 e. The van der Waals surface area contributed by atoms with Gasteiger partial charge in [-0.25, -0.2) is 4.79 Å². The number of hydrazone groups is 1. The minimum absolute atomic E-state index is 0.128. The van der Waals surface area contributed by atoms with Gasteiger partial charge in [0.2, 0.25) is 0 Å². The Balaban J connectivity index is 2.15. The van der Waals surface area contributed by atoms with Crippen LogP contribution in [-0.4, -0.2) is 61.7 Å². The number of piperidine rings is 1. The Morgan fingerprint density at radius 1 is 1.35 bits per heavy atom. The van der Waals surface area contributed by atoms with Gasteiger partial charge >= 0.3 is 5.97 Å². The Morgan fingerprint density at radius 2 is 2.04 bits per heavy atom. The number of halogens is 1. The van der Waals surface area contributed by atoms with E-state index in [1.54, 1.807) is 25.4 Å². The number of carbonyl (C=O) groups excluding carboxylic acids is 1. The van der Waals surface area contributed by atoms with Crippen LogP contribution in [0.25, 0.3) is 0 Å². The highest BCUT2D eigenvalue weighted by molar-refractivity contribution is 9.12. The summed E-state index contributed by atoms with van der Waals surface area (Å²) in [6.45, 7) is 1.73. The highest BCUT2D eigenvalue weighted by Crippen LogP contribution is 2.27. The van der Waals surface area contributed by atoms with Crippen molar-refractivity contribution in [2.75, 3.05) is 27.2 Å². The van der Waals surface area contributed by atoms with Crippen LogP contribution >= 0.6 is 15.9 Å². The van der Waals surface area contributed by atoms with Crippen LogP contribution in [0.15, 0.2) is 39.5 Å². The first kappa shape index (κ1) is 20.1. The molecule has 0 unspecified atom stereocenters. The molecule has 0 bridgehead atoms. The van der Waals surface area contributed by atoms with Crippen LogP contribution in [0, 0.1) is 0 Å². The molecule has 0 amide bonds. The van der Waals surface area contributed by atoms with E-state index in [9.17, 15) is 9.59 Å². The molecule has 7 nitrogen and oxygen atoms in total. The summed E-state index contributed by atoms with van der Waals surface area (Å²) in [6.07, 6.45) is 3.18. The van der Waals surface area contributed by atoms with Gasteiger partial charge in [0.1, 0.15) is 0 Å². The summed E-state index contributed by atoms with van der Waals surface area (Å²) in [5.74, 6) is -0.652. The Bertz CT molecular complexity index is 703. The first-order chi connectivity index (χ1) is 12.4. The van der Waals surface area contributed by atoms with E-state index < -0.39 is 5.97 Å². The maximum absolute atomic E-state index is 11.1.